The van der Waals surface area contributed by atoms with Crippen molar-refractivity contribution in [2.24, 2.45) is 22.7 Å². The summed E-state index contributed by atoms with van der Waals surface area (Å²) in [5.41, 5.74) is 0. The maximum absolute atomic E-state index is 4.05. The van der Waals surface area contributed by atoms with E-state index in [1.54, 1.807) is 0 Å². The Morgan fingerprint density at radius 1 is 1.60 bits per heavy atom. The van der Waals surface area contributed by atoms with Gasteiger partial charge in [0.15, 0.2) is 0 Å². The average molecular weight is 139 g/mol. The molecule has 0 aromatic rings. The van der Waals surface area contributed by atoms with Crippen LogP contribution in [0.4, 0.5) is 0 Å². The van der Waals surface area contributed by atoms with Crippen molar-refractivity contribution < 1.29 is 0 Å². The van der Waals surface area contributed by atoms with Crippen LogP contribution in [0.5, 0.6) is 0 Å². The first kappa shape index (κ1) is 7.77. The van der Waals surface area contributed by atoms with E-state index < -0.39 is 0 Å². The lowest BCUT2D eigenvalue weighted by Gasteiger charge is -2.40. The van der Waals surface area contributed by atoms with Gasteiger partial charge in [0.05, 0.1) is 0 Å². The first-order chi connectivity index (χ1) is 4.79. The van der Waals surface area contributed by atoms with Crippen molar-refractivity contribution in [1.29, 1.82) is 0 Å². The van der Waals surface area contributed by atoms with Crippen molar-refractivity contribution in [2.75, 3.05) is 7.05 Å². The molecular formula is C9H17N. The van der Waals surface area contributed by atoms with Gasteiger partial charge in [0.2, 0.25) is 0 Å². The molecule has 1 rings (SSSR count). The lowest BCUT2D eigenvalue weighted by Crippen LogP contribution is -2.34. The van der Waals surface area contributed by atoms with Crippen LogP contribution in [0.15, 0.2) is 4.99 Å². The third-order valence-electron chi connectivity index (χ3n) is 2.86. The minimum Gasteiger partial charge on any atom is -0.301 e. The Labute approximate surface area is 63.5 Å². The summed E-state index contributed by atoms with van der Waals surface area (Å²) >= 11 is 0. The van der Waals surface area contributed by atoms with Crippen molar-refractivity contribution in [3.63, 3.8) is 0 Å². The molecule has 0 radical (unpaired) electrons. The van der Waals surface area contributed by atoms with Crippen molar-refractivity contribution >= 4 is 6.21 Å². The number of rotatable bonds is 2. The molecule has 0 aliphatic heterocycles. The van der Waals surface area contributed by atoms with Gasteiger partial charge in [-0.1, -0.05) is 20.3 Å². The predicted molar refractivity (Wildman–Crippen MR) is 45.5 cm³/mol. The quantitative estimate of drug-likeness (QED) is 0.521. The molecule has 3 atom stereocenters. The van der Waals surface area contributed by atoms with E-state index in [1.807, 2.05) is 7.05 Å². The maximum Gasteiger partial charge on any atom is 0.0273 e. The highest BCUT2D eigenvalue weighted by molar-refractivity contribution is 5.62. The molecule has 1 aliphatic rings. The van der Waals surface area contributed by atoms with Crippen LogP contribution in [0.3, 0.4) is 0 Å². The van der Waals surface area contributed by atoms with Crippen LogP contribution >= 0.6 is 0 Å². The molecule has 1 nitrogen and oxygen atoms in total. The zero-order valence-corrected chi connectivity index (χ0v) is 7.17. The number of nitrogens with zero attached hydrogens (tertiary/aromatic N) is 1. The molecule has 58 valence electrons. The van der Waals surface area contributed by atoms with Gasteiger partial charge in [-0.25, -0.2) is 0 Å². The molecule has 1 aliphatic carbocycles. The normalized spacial score (nSPS) is 40.1. The van der Waals surface area contributed by atoms with Gasteiger partial charge in [0, 0.05) is 13.3 Å². The van der Waals surface area contributed by atoms with Crippen molar-refractivity contribution in [3.05, 3.63) is 0 Å². The second-order valence-electron chi connectivity index (χ2n) is 3.33. The third kappa shape index (κ3) is 1.23. The average Bonchev–Trinajstić information content (AvgIpc) is 1.96. The fourth-order valence-corrected chi connectivity index (χ4v) is 1.86. The van der Waals surface area contributed by atoms with Crippen LogP contribution in [0, 0.1) is 17.8 Å². The summed E-state index contributed by atoms with van der Waals surface area (Å²) in [5, 5.41) is 0. The Hall–Kier alpha value is -0.330. The highest BCUT2D eigenvalue weighted by atomic mass is 14.7. The molecule has 3 unspecified atom stereocenters. The Bertz CT molecular complexity index is 129. The first-order valence-electron chi connectivity index (χ1n) is 4.21. The summed E-state index contributed by atoms with van der Waals surface area (Å²) in [4.78, 5) is 4.05. The highest BCUT2D eigenvalue weighted by Gasteiger charge is 2.34. The van der Waals surface area contributed by atoms with E-state index in [2.05, 4.69) is 25.1 Å². The molecule has 1 saturated carbocycles. The SMILES string of the molecule is CCC1CC(C=NC)C1C. The van der Waals surface area contributed by atoms with Gasteiger partial charge in [-0.15, -0.1) is 0 Å². The van der Waals surface area contributed by atoms with Gasteiger partial charge >= 0.3 is 0 Å². The summed E-state index contributed by atoms with van der Waals surface area (Å²) < 4.78 is 0. The van der Waals surface area contributed by atoms with Crippen molar-refractivity contribution in [1.82, 2.24) is 0 Å². The van der Waals surface area contributed by atoms with E-state index in [0.29, 0.717) is 0 Å². The van der Waals surface area contributed by atoms with Crippen LogP contribution in [-0.4, -0.2) is 13.3 Å². The van der Waals surface area contributed by atoms with Gasteiger partial charge in [0.1, 0.15) is 0 Å². The monoisotopic (exact) mass is 139 g/mol. The molecule has 0 spiro atoms. The summed E-state index contributed by atoms with van der Waals surface area (Å²) in [7, 11) is 1.87. The molecule has 10 heavy (non-hydrogen) atoms. The van der Waals surface area contributed by atoms with E-state index in [4.69, 9.17) is 0 Å². The standard InChI is InChI=1S/C9H17N/c1-4-8-5-9(6-10-3)7(8)2/h6-9H,4-5H2,1-3H3. The van der Waals surface area contributed by atoms with Crippen LogP contribution in [0.25, 0.3) is 0 Å². The summed E-state index contributed by atoms with van der Waals surface area (Å²) in [6, 6.07) is 0. The van der Waals surface area contributed by atoms with Gasteiger partial charge in [0.25, 0.3) is 0 Å². The van der Waals surface area contributed by atoms with Gasteiger partial charge < -0.3 is 4.99 Å². The van der Waals surface area contributed by atoms with Crippen LogP contribution in [-0.2, 0) is 0 Å². The Morgan fingerprint density at radius 2 is 2.30 bits per heavy atom. The zero-order chi connectivity index (χ0) is 7.56. The predicted octanol–water partition coefficient (Wildman–Crippen LogP) is 2.37. The molecular weight excluding hydrogens is 122 g/mol. The van der Waals surface area contributed by atoms with Gasteiger partial charge in [-0.05, 0) is 24.2 Å². The first-order valence-corrected chi connectivity index (χ1v) is 4.21. The van der Waals surface area contributed by atoms with E-state index in [-0.39, 0.29) is 0 Å². The molecule has 0 bridgehead atoms. The second kappa shape index (κ2) is 3.18. The Balaban J connectivity index is 2.31. The largest absolute Gasteiger partial charge is 0.301 e. The molecule has 0 saturated heterocycles. The summed E-state index contributed by atoms with van der Waals surface area (Å²) in [6.07, 6.45) is 4.82. The van der Waals surface area contributed by atoms with Crippen molar-refractivity contribution in [3.8, 4) is 0 Å². The molecule has 1 heteroatoms. The fraction of sp³-hybridized carbons (Fsp3) is 0.889. The maximum atomic E-state index is 4.05. The molecule has 0 heterocycles. The topological polar surface area (TPSA) is 12.4 Å². The van der Waals surface area contributed by atoms with E-state index in [1.165, 1.54) is 12.8 Å². The lowest BCUT2D eigenvalue weighted by atomic mass is 9.65. The van der Waals surface area contributed by atoms with Crippen LogP contribution < -0.4 is 0 Å². The minimum absolute atomic E-state index is 0.787. The van der Waals surface area contributed by atoms with Crippen LogP contribution in [0.2, 0.25) is 0 Å². The van der Waals surface area contributed by atoms with Crippen molar-refractivity contribution in [2.45, 2.75) is 26.7 Å². The smallest absolute Gasteiger partial charge is 0.0273 e. The Kier molecular flexibility index (Phi) is 2.47. The molecule has 1 fully saturated rings. The van der Waals surface area contributed by atoms with E-state index in [9.17, 15) is 0 Å². The number of aliphatic imine (C=N–C) groups is 1. The van der Waals surface area contributed by atoms with Gasteiger partial charge in [-0.2, -0.15) is 0 Å². The summed E-state index contributed by atoms with van der Waals surface area (Å²) in [6.45, 7) is 4.62. The number of hydrogen-bond donors (Lipinski definition) is 0. The number of hydrogen-bond acceptors (Lipinski definition) is 1. The molecule has 0 aromatic heterocycles. The second-order valence-corrected chi connectivity index (χ2v) is 3.33. The zero-order valence-electron chi connectivity index (χ0n) is 7.17. The molecule has 0 amide bonds. The lowest BCUT2D eigenvalue weighted by molar-refractivity contribution is 0.141. The fourth-order valence-electron chi connectivity index (χ4n) is 1.86. The van der Waals surface area contributed by atoms with E-state index in [0.717, 1.165) is 17.8 Å². The highest BCUT2D eigenvalue weighted by Crippen LogP contribution is 2.40. The van der Waals surface area contributed by atoms with E-state index >= 15 is 0 Å². The third-order valence-corrected chi connectivity index (χ3v) is 2.86. The van der Waals surface area contributed by atoms with Crippen LogP contribution in [0.1, 0.15) is 26.7 Å². The Morgan fingerprint density at radius 3 is 2.70 bits per heavy atom. The molecule has 0 N–H and O–H groups in total. The molecule has 0 aromatic carbocycles. The summed E-state index contributed by atoms with van der Waals surface area (Å²) in [5.74, 6) is 2.65. The minimum atomic E-state index is 0.787. The van der Waals surface area contributed by atoms with Gasteiger partial charge in [-0.3, -0.25) is 0 Å².